The Bertz CT molecular complexity index is 989. The SMILES string of the molecule is Cc1nc2ccccc2nc1N1CCC(CN(C)C(=O)c2cn(C)cn2)CC1. The Kier molecular flexibility index (Phi) is 4.98. The third-order valence-electron chi connectivity index (χ3n) is 5.44. The lowest BCUT2D eigenvalue weighted by molar-refractivity contribution is 0.0759. The van der Waals surface area contributed by atoms with Gasteiger partial charge in [0.2, 0.25) is 0 Å². The summed E-state index contributed by atoms with van der Waals surface area (Å²) in [6.07, 6.45) is 5.50. The van der Waals surface area contributed by atoms with Crippen molar-refractivity contribution >= 4 is 22.8 Å². The second-order valence-corrected chi connectivity index (χ2v) is 7.66. The third kappa shape index (κ3) is 3.69. The van der Waals surface area contributed by atoms with Crippen molar-refractivity contribution in [1.29, 1.82) is 0 Å². The van der Waals surface area contributed by atoms with Gasteiger partial charge in [-0.05, 0) is 37.8 Å². The Morgan fingerprint density at radius 1 is 1.18 bits per heavy atom. The van der Waals surface area contributed by atoms with Gasteiger partial charge in [-0.1, -0.05) is 12.1 Å². The minimum atomic E-state index is -0.0146. The summed E-state index contributed by atoms with van der Waals surface area (Å²) in [5.74, 6) is 1.46. The molecule has 0 N–H and O–H groups in total. The molecule has 0 atom stereocenters. The number of piperidine rings is 1. The fourth-order valence-corrected chi connectivity index (χ4v) is 3.89. The molecule has 0 radical (unpaired) electrons. The van der Waals surface area contributed by atoms with E-state index >= 15 is 0 Å². The van der Waals surface area contributed by atoms with E-state index in [4.69, 9.17) is 9.97 Å². The van der Waals surface area contributed by atoms with E-state index in [2.05, 4.69) is 9.88 Å². The number of aromatic nitrogens is 4. The number of carbonyl (C=O) groups excluding carboxylic acids is 1. The first-order valence-corrected chi connectivity index (χ1v) is 9.73. The molecule has 1 fully saturated rings. The van der Waals surface area contributed by atoms with Crippen LogP contribution in [0.15, 0.2) is 36.8 Å². The second-order valence-electron chi connectivity index (χ2n) is 7.66. The van der Waals surface area contributed by atoms with Crippen molar-refractivity contribution in [1.82, 2.24) is 24.4 Å². The van der Waals surface area contributed by atoms with Crippen LogP contribution in [0, 0.1) is 12.8 Å². The van der Waals surface area contributed by atoms with Crippen LogP contribution in [0.4, 0.5) is 5.82 Å². The summed E-state index contributed by atoms with van der Waals surface area (Å²) in [5.41, 5.74) is 3.35. The predicted octanol–water partition coefficient (Wildman–Crippen LogP) is 2.66. The number of aryl methyl sites for hydroxylation is 2. The number of carbonyl (C=O) groups is 1. The number of benzene rings is 1. The van der Waals surface area contributed by atoms with Crippen LogP contribution in [-0.4, -0.2) is 57.0 Å². The van der Waals surface area contributed by atoms with Crippen LogP contribution in [0.1, 0.15) is 29.0 Å². The molecule has 1 aromatic carbocycles. The second kappa shape index (κ2) is 7.58. The number of para-hydroxylation sites is 2. The predicted molar refractivity (Wildman–Crippen MR) is 109 cm³/mol. The fourth-order valence-electron chi connectivity index (χ4n) is 3.89. The minimum Gasteiger partial charge on any atom is -0.355 e. The highest BCUT2D eigenvalue weighted by Crippen LogP contribution is 2.26. The molecule has 146 valence electrons. The number of imidazole rings is 1. The van der Waals surface area contributed by atoms with Gasteiger partial charge in [0.15, 0.2) is 5.82 Å². The van der Waals surface area contributed by atoms with Gasteiger partial charge >= 0.3 is 0 Å². The van der Waals surface area contributed by atoms with Gasteiger partial charge in [-0.15, -0.1) is 0 Å². The van der Waals surface area contributed by atoms with Crippen LogP contribution in [0.3, 0.4) is 0 Å². The monoisotopic (exact) mass is 378 g/mol. The zero-order valence-electron chi connectivity index (χ0n) is 16.7. The Hall–Kier alpha value is -2.96. The number of amides is 1. The Balaban J connectivity index is 1.38. The zero-order chi connectivity index (χ0) is 19.7. The molecule has 4 rings (SSSR count). The normalized spacial score (nSPS) is 15.2. The molecule has 0 spiro atoms. The van der Waals surface area contributed by atoms with Crippen LogP contribution in [0.2, 0.25) is 0 Å². The van der Waals surface area contributed by atoms with Gasteiger partial charge in [-0.25, -0.2) is 15.0 Å². The van der Waals surface area contributed by atoms with Gasteiger partial charge in [0, 0.05) is 39.9 Å². The molecule has 0 aliphatic carbocycles. The third-order valence-corrected chi connectivity index (χ3v) is 5.44. The quantitative estimate of drug-likeness (QED) is 0.698. The maximum atomic E-state index is 12.5. The highest BCUT2D eigenvalue weighted by Gasteiger charge is 2.25. The molecular weight excluding hydrogens is 352 g/mol. The van der Waals surface area contributed by atoms with Gasteiger partial charge < -0.3 is 14.4 Å². The highest BCUT2D eigenvalue weighted by molar-refractivity contribution is 5.91. The summed E-state index contributed by atoms with van der Waals surface area (Å²) in [4.78, 5) is 30.3. The highest BCUT2D eigenvalue weighted by atomic mass is 16.2. The number of rotatable bonds is 4. The van der Waals surface area contributed by atoms with Crippen molar-refractivity contribution < 1.29 is 4.79 Å². The van der Waals surface area contributed by atoms with E-state index in [-0.39, 0.29) is 5.91 Å². The van der Waals surface area contributed by atoms with Crippen LogP contribution in [-0.2, 0) is 7.05 Å². The average Bonchev–Trinajstić information content (AvgIpc) is 3.14. The summed E-state index contributed by atoms with van der Waals surface area (Å²) in [5, 5.41) is 0. The lowest BCUT2D eigenvalue weighted by atomic mass is 9.96. The number of nitrogens with zero attached hydrogens (tertiary/aromatic N) is 6. The van der Waals surface area contributed by atoms with Gasteiger partial charge in [0.05, 0.1) is 23.1 Å². The van der Waals surface area contributed by atoms with E-state index < -0.39 is 0 Å². The van der Waals surface area contributed by atoms with Crippen molar-refractivity contribution in [2.75, 3.05) is 31.6 Å². The summed E-state index contributed by atoms with van der Waals surface area (Å²) >= 11 is 0. The van der Waals surface area contributed by atoms with E-state index in [0.29, 0.717) is 11.6 Å². The molecule has 0 saturated carbocycles. The van der Waals surface area contributed by atoms with Crippen molar-refractivity contribution in [3.8, 4) is 0 Å². The first-order valence-electron chi connectivity index (χ1n) is 9.73. The van der Waals surface area contributed by atoms with E-state index in [1.807, 2.05) is 45.3 Å². The number of anilines is 1. The maximum absolute atomic E-state index is 12.5. The summed E-state index contributed by atoms with van der Waals surface area (Å²) in [6, 6.07) is 8.00. The van der Waals surface area contributed by atoms with Gasteiger partial charge in [-0.3, -0.25) is 4.79 Å². The number of fused-ring (bicyclic) bond motifs is 1. The van der Waals surface area contributed by atoms with E-state index in [0.717, 1.165) is 55.0 Å². The van der Waals surface area contributed by atoms with Crippen molar-refractivity contribution in [2.24, 2.45) is 13.0 Å². The molecular formula is C21H26N6O. The smallest absolute Gasteiger partial charge is 0.273 e. The maximum Gasteiger partial charge on any atom is 0.273 e. The Morgan fingerprint density at radius 2 is 1.86 bits per heavy atom. The van der Waals surface area contributed by atoms with E-state index in [1.165, 1.54) is 0 Å². The van der Waals surface area contributed by atoms with Gasteiger partial charge in [-0.2, -0.15) is 0 Å². The van der Waals surface area contributed by atoms with Crippen LogP contribution < -0.4 is 4.90 Å². The molecule has 1 aliphatic rings. The number of hydrogen-bond acceptors (Lipinski definition) is 5. The molecule has 0 bridgehead atoms. The summed E-state index contributed by atoms with van der Waals surface area (Å²) in [6.45, 7) is 4.65. The summed E-state index contributed by atoms with van der Waals surface area (Å²) in [7, 11) is 3.74. The van der Waals surface area contributed by atoms with Crippen LogP contribution in [0.5, 0.6) is 0 Å². The largest absolute Gasteiger partial charge is 0.355 e. The van der Waals surface area contributed by atoms with Gasteiger partial charge in [0.25, 0.3) is 5.91 Å². The molecule has 0 unspecified atom stereocenters. The van der Waals surface area contributed by atoms with Crippen molar-refractivity contribution in [3.63, 3.8) is 0 Å². The molecule has 1 saturated heterocycles. The van der Waals surface area contributed by atoms with E-state index in [9.17, 15) is 4.79 Å². The molecule has 1 amide bonds. The average molecular weight is 378 g/mol. The fraction of sp³-hybridized carbons (Fsp3) is 0.429. The van der Waals surface area contributed by atoms with Crippen LogP contribution >= 0.6 is 0 Å². The lowest BCUT2D eigenvalue weighted by Crippen LogP contribution is -2.40. The Morgan fingerprint density at radius 3 is 2.50 bits per heavy atom. The van der Waals surface area contributed by atoms with Crippen molar-refractivity contribution in [2.45, 2.75) is 19.8 Å². The molecule has 1 aliphatic heterocycles. The Labute approximate surface area is 165 Å². The standard InChI is InChI=1S/C21H26N6O/c1-15-20(24-18-7-5-4-6-17(18)23-15)27-10-8-16(9-11-27)12-26(3)21(28)19-13-25(2)14-22-19/h4-7,13-14,16H,8-12H2,1-3H3. The molecule has 7 heteroatoms. The first kappa shape index (κ1) is 18.4. The summed E-state index contributed by atoms with van der Waals surface area (Å²) < 4.78 is 1.80. The number of hydrogen-bond donors (Lipinski definition) is 0. The van der Waals surface area contributed by atoms with Crippen LogP contribution in [0.25, 0.3) is 11.0 Å². The zero-order valence-corrected chi connectivity index (χ0v) is 16.7. The molecule has 2 aromatic heterocycles. The molecule has 3 aromatic rings. The lowest BCUT2D eigenvalue weighted by Gasteiger charge is -2.35. The van der Waals surface area contributed by atoms with Gasteiger partial charge in [0.1, 0.15) is 5.69 Å². The van der Waals surface area contributed by atoms with E-state index in [1.54, 1.807) is 22.0 Å². The molecule has 7 nitrogen and oxygen atoms in total. The molecule has 3 heterocycles. The molecule has 28 heavy (non-hydrogen) atoms. The topological polar surface area (TPSA) is 67.2 Å². The first-order chi connectivity index (χ1) is 13.5. The minimum absolute atomic E-state index is 0.0146. The van der Waals surface area contributed by atoms with Crippen molar-refractivity contribution in [3.05, 3.63) is 48.2 Å².